The summed E-state index contributed by atoms with van der Waals surface area (Å²) >= 11 is 0. The number of anilines is 1. The topological polar surface area (TPSA) is 90.5 Å². The van der Waals surface area contributed by atoms with E-state index in [1.54, 1.807) is 29.7 Å². The average Bonchev–Trinajstić information content (AvgIpc) is 2.57. The fourth-order valence-corrected chi connectivity index (χ4v) is 1.92. The van der Waals surface area contributed by atoms with E-state index in [9.17, 15) is 14.0 Å². The van der Waals surface area contributed by atoms with Crippen molar-refractivity contribution in [3.63, 3.8) is 0 Å². The van der Waals surface area contributed by atoms with Gasteiger partial charge in [0, 0.05) is 17.8 Å². The van der Waals surface area contributed by atoms with E-state index in [-0.39, 0.29) is 11.8 Å². The zero-order valence-electron chi connectivity index (χ0n) is 12.2. The van der Waals surface area contributed by atoms with Gasteiger partial charge >= 0.3 is 6.03 Å². The van der Waals surface area contributed by atoms with Crippen molar-refractivity contribution in [3.8, 4) is 0 Å². The lowest BCUT2D eigenvalue weighted by atomic mass is 10.1. The summed E-state index contributed by atoms with van der Waals surface area (Å²) in [4.78, 5) is 22.8. The van der Waals surface area contributed by atoms with Gasteiger partial charge in [0.05, 0.1) is 0 Å². The summed E-state index contributed by atoms with van der Waals surface area (Å²) in [6, 6.07) is 11.7. The van der Waals surface area contributed by atoms with E-state index in [1.807, 2.05) is 0 Å². The van der Waals surface area contributed by atoms with Crippen molar-refractivity contribution in [2.75, 3.05) is 11.9 Å². The molecule has 6 nitrogen and oxygen atoms in total. The average molecular weight is 317 g/mol. The number of halogens is 1. The molecule has 2 rings (SSSR count). The second-order valence-corrected chi connectivity index (χ2v) is 4.78. The van der Waals surface area contributed by atoms with Crippen molar-refractivity contribution in [2.45, 2.75) is 6.42 Å². The van der Waals surface area contributed by atoms with Crippen LogP contribution in [0, 0.1) is 5.82 Å². The summed E-state index contributed by atoms with van der Waals surface area (Å²) in [6.45, 7) is 0.401. The van der Waals surface area contributed by atoms with E-state index < -0.39 is 5.91 Å². The van der Waals surface area contributed by atoms with Crippen LogP contribution in [0.1, 0.15) is 15.9 Å². The van der Waals surface area contributed by atoms with E-state index >= 15 is 0 Å². The SMILES string of the molecule is O=C(NCCc1ccc(C(=O)NO)cc1)Nc1ccc(F)cc1. The van der Waals surface area contributed by atoms with E-state index in [0.29, 0.717) is 24.2 Å². The molecule has 3 amide bonds. The monoisotopic (exact) mass is 317 g/mol. The van der Waals surface area contributed by atoms with Gasteiger partial charge in [-0.25, -0.2) is 14.7 Å². The van der Waals surface area contributed by atoms with Gasteiger partial charge in [-0.05, 0) is 48.4 Å². The third-order valence-electron chi connectivity index (χ3n) is 3.12. The first kappa shape index (κ1) is 16.4. The molecule has 0 aliphatic rings. The predicted molar refractivity (Wildman–Crippen MR) is 82.8 cm³/mol. The Morgan fingerprint density at radius 1 is 1.00 bits per heavy atom. The first-order valence-corrected chi connectivity index (χ1v) is 6.92. The number of carbonyl (C=O) groups excluding carboxylic acids is 2. The normalized spacial score (nSPS) is 10.0. The van der Waals surface area contributed by atoms with Crippen LogP contribution >= 0.6 is 0 Å². The number of nitrogens with one attached hydrogen (secondary N) is 3. The Kier molecular flexibility index (Phi) is 5.65. The number of amides is 3. The predicted octanol–water partition coefficient (Wildman–Crippen LogP) is 2.31. The molecule has 0 unspecified atom stereocenters. The number of hydrogen-bond acceptors (Lipinski definition) is 3. The van der Waals surface area contributed by atoms with Gasteiger partial charge in [0.2, 0.25) is 0 Å². The molecule has 0 saturated carbocycles. The first-order valence-electron chi connectivity index (χ1n) is 6.92. The van der Waals surface area contributed by atoms with Gasteiger partial charge in [0.1, 0.15) is 5.82 Å². The molecule has 0 aliphatic heterocycles. The van der Waals surface area contributed by atoms with Crippen LogP contribution < -0.4 is 16.1 Å². The van der Waals surface area contributed by atoms with Crippen molar-refractivity contribution < 1.29 is 19.2 Å². The Morgan fingerprint density at radius 3 is 2.26 bits per heavy atom. The highest BCUT2D eigenvalue weighted by Gasteiger charge is 2.04. The van der Waals surface area contributed by atoms with Gasteiger partial charge in [-0.3, -0.25) is 10.0 Å². The molecule has 7 heteroatoms. The molecular formula is C16H16FN3O3. The molecule has 0 aromatic heterocycles. The number of rotatable bonds is 5. The van der Waals surface area contributed by atoms with Gasteiger partial charge in [-0.1, -0.05) is 12.1 Å². The van der Waals surface area contributed by atoms with E-state index in [2.05, 4.69) is 10.6 Å². The molecule has 4 N–H and O–H groups in total. The van der Waals surface area contributed by atoms with Crippen molar-refractivity contribution in [1.82, 2.24) is 10.8 Å². The maximum Gasteiger partial charge on any atom is 0.319 e. The number of hydrogen-bond donors (Lipinski definition) is 4. The summed E-state index contributed by atoms with van der Waals surface area (Å²) in [6.07, 6.45) is 0.581. The summed E-state index contributed by atoms with van der Waals surface area (Å²) in [5.74, 6) is -0.942. The Balaban J connectivity index is 1.77. The fraction of sp³-hybridized carbons (Fsp3) is 0.125. The van der Waals surface area contributed by atoms with Crippen molar-refractivity contribution >= 4 is 17.6 Å². The summed E-state index contributed by atoms with van der Waals surface area (Å²) in [5, 5.41) is 13.8. The Bertz CT molecular complexity index is 672. The van der Waals surface area contributed by atoms with Crippen LogP contribution in [0.4, 0.5) is 14.9 Å². The lowest BCUT2D eigenvalue weighted by Gasteiger charge is -2.08. The summed E-state index contributed by atoms with van der Waals surface area (Å²) in [7, 11) is 0. The molecule has 0 heterocycles. The highest BCUT2D eigenvalue weighted by molar-refractivity contribution is 5.93. The lowest BCUT2D eigenvalue weighted by Crippen LogP contribution is -2.30. The van der Waals surface area contributed by atoms with Gasteiger partial charge < -0.3 is 10.6 Å². The molecule has 120 valence electrons. The third kappa shape index (κ3) is 5.08. The fourth-order valence-electron chi connectivity index (χ4n) is 1.92. The maximum atomic E-state index is 12.7. The zero-order chi connectivity index (χ0) is 16.7. The molecule has 0 saturated heterocycles. The van der Waals surface area contributed by atoms with Gasteiger partial charge in [0.25, 0.3) is 5.91 Å². The maximum absolute atomic E-state index is 12.7. The van der Waals surface area contributed by atoms with Gasteiger partial charge in [0.15, 0.2) is 0 Å². The third-order valence-corrected chi connectivity index (χ3v) is 3.12. The number of urea groups is 1. The standard InChI is InChI=1S/C16H16FN3O3/c17-13-5-7-14(8-6-13)19-16(22)18-10-9-11-1-3-12(4-2-11)15(21)20-23/h1-8,23H,9-10H2,(H,20,21)(H2,18,19,22). The molecule has 2 aromatic rings. The van der Waals surface area contributed by atoms with Crippen LogP contribution in [0.3, 0.4) is 0 Å². The van der Waals surface area contributed by atoms with Crippen LogP contribution in [0.25, 0.3) is 0 Å². The molecule has 2 aromatic carbocycles. The van der Waals surface area contributed by atoms with Crippen molar-refractivity contribution in [1.29, 1.82) is 0 Å². The van der Waals surface area contributed by atoms with Gasteiger partial charge in [-0.15, -0.1) is 0 Å². The van der Waals surface area contributed by atoms with Crippen LogP contribution in [0.5, 0.6) is 0 Å². The van der Waals surface area contributed by atoms with Crippen LogP contribution in [-0.2, 0) is 6.42 Å². The Morgan fingerprint density at radius 2 is 1.65 bits per heavy atom. The highest BCUT2D eigenvalue weighted by atomic mass is 19.1. The minimum atomic E-state index is -0.576. The second-order valence-electron chi connectivity index (χ2n) is 4.78. The molecular weight excluding hydrogens is 301 g/mol. The molecule has 23 heavy (non-hydrogen) atoms. The number of carbonyl (C=O) groups is 2. The van der Waals surface area contributed by atoms with Crippen LogP contribution in [0.2, 0.25) is 0 Å². The van der Waals surface area contributed by atoms with E-state index in [4.69, 9.17) is 5.21 Å². The Labute approximate surface area is 132 Å². The largest absolute Gasteiger partial charge is 0.338 e. The quantitative estimate of drug-likeness (QED) is 0.504. The molecule has 0 spiro atoms. The van der Waals surface area contributed by atoms with Crippen molar-refractivity contribution in [3.05, 3.63) is 65.5 Å². The second kappa shape index (κ2) is 7.90. The van der Waals surface area contributed by atoms with Crippen LogP contribution in [-0.4, -0.2) is 23.7 Å². The zero-order valence-corrected chi connectivity index (χ0v) is 12.2. The van der Waals surface area contributed by atoms with Gasteiger partial charge in [-0.2, -0.15) is 0 Å². The minimum Gasteiger partial charge on any atom is -0.338 e. The first-order chi connectivity index (χ1) is 11.1. The molecule has 0 radical (unpaired) electrons. The number of benzene rings is 2. The molecule has 0 atom stereocenters. The molecule has 0 bridgehead atoms. The Hall–Kier alpha value is -2.93. The summed E-state index contributed by atoms with van der Waals surface area (Å²) in [5.41, 5.74) is 3.34. The molecule has 0 fully saturated rings. The molecule has 0 aliphatic carbocycles. The smallest absolute Gasteiger partial charge is 0.319 e. The van der Waals surface area contributed by atoms with E-state index in [1.165, 1.54) is 24.3 Å². The lowest BCUT2D eigenvalue weighted by molar-refractivity contribution is 0.0706. The highest BCUT2D eigenvalue weighted by Crippen LogP contribution is 2.08. The van der Waals surface area contributed by atoms with Crippen LogP contribution in [0.15, 0.2) is 48.5 Å². The van der Waals surface area contributed by atoms with Crippen molar-refractivity contribution in [2.24, 2.45) is 0 Å². The summed E-state index contributed by atoms with van der Waals surface area (Å²) < 4.78 is 12.7. The minimum absolute atomic E-state index is 0.346. The van der Waals surface area contributed by atoms with E-state index in [0.717, 1.165) is 5.56 Å². The number of hydroxylamine groups is 1.